The minimum atomic E-state index is 0.0507. The second-order valence-corrected chi connectivity index (χ2v) is 8.47. The summed E-state index contributed by atoms with van der Waals surface area (Å²) in [4.78, 5) is 29.2. The first kappa shape index (κ1) is 15.7. The van der Waals surface area contributed by atoms with Gasteiger partial charge in [0.05, 0.1) is 10.6 Å². The topological polar surface area (TPSA) is 59.0 Å². The molecule has 2 fully saturated rings. The molecular formula is C18H22N4OS. The lowest BCUT2D eigenvalue weighted by Gasteiger charge is -2.38. The maximum Gasteiger partial charge on any atom is 0.256 e. The molecule has 1 aliphatic carbocycles. The number of rotatable bonds is 3. The van der Waals surface area contributed by atoms with Gasteiger partial charge in [-0.15, -0.1) is 11.3 Å². The molecule has 0 N–H and O–H groups in total. The van der Waals surface area contributed by atoms with Crippen LogP contribution < -0.4 is 0 Å². The van der Waals surface area contributed by atoms with Gasteiger partial charge in [-0.1, -0.05) is 6.92 Å². The molecule has 1 saturated heterocycles. The van der Waals surface area contributed by atoms with Gasteiger partial charge in [0.25, 0.3) is 5.91 Å². The molecule has 6 heteroatoms. The fourth-order valence-electron chi connectivity index (χ4n) is 3.23. The Morgan fingerprint density at radius 1 is 1.17 bits per heavy atom. The quantitative estimate of drug-likeness (QED) is 0.858. The fourth-order valence-corrected chi connectivity index (χ4v) is 4.20. The molecule has 0 atom stereocenters. The van der Waals surface area contributed by atoms with Crippen molar-refractivity contribution >= 4 is 17.2 Å². The number of piperidine rings is 1. The van der Waals surface area contributed by atoms with E-state index < -0.39 is 0 Å². The maximum absolute atomic E-state index is 12.7. The molecule has 0 bridgehead atoms. The highest BCUT2D eigenvalue weighted by Gasteiger charge is 2.36. The van der Waals surface area contributed by atoms with Gasteiger partial charge in [-0.05, 0) is 32.6 Å². The third kappa shape index (κ3) is 2.95. The largest absolute Gasteiger partial charge is 0.338 e. The summed E-state index contributed by atoms with van der Waals surface area (Å²) < 4.78 is 0. The lowest BCUT2D eigenvalue weighted by molar-refractivity contribution is 0.0675. The Kier molecular flexibility index (Phi) is 3.87. The first-order chi connectivity index (χ1) is 11.5. The van der Waals surface area contributed by atoms with E-state index in [1.54, 1.807) is 23.7 Å². The molecule has 1 aliphatic heterocycles. The SMILES string of the molecule is Cc1cnc(C2(C)CCN(C(=O)c3cnc(C4CC4)nc3)CC2)s1. The van der Waals surface area contributed by atoms with Crippen LogP contribution in [-0.2, 0) is 5.41 Å². The van der Waals surface area contributed by atoms with Crippen LogP contribution in [0.25, 0.3) is 0 Å². The zero-order valence-corrected chi connectivity index (χ0v) is 15.0. The van der Waals surface area contributed by atoms with Gasteiger partial charge >= 0.3 is 0 Å². The van der Waals surface area contributed by atoms with Gasteiger partial charge < -0.3 is 4.90 Å². The van der Waals surface area contributed by atoms with Gasteiger partial charge in [0, 0.05) is 47.9 Å². The minimum Gasteiger partial charge on any atom is -0.338 e. The summed E-state index contributed by atoms with van der Waals surface area (Å²) >= 11 is 1.77. The number of hydrogen-bond acceptors (Lipinski definition) is 5. The fraction of sp³-hybridized carbons (Fsp3) is 0.556. The number of carbonyl (C=O) groups is 1. The zero-order valence-electron chi connectivity index (χ0n) is 14.2. The predicted molar refractivity (Wildman–Crippen MR) is 93.3 cm³/mol. The van der Waals surface area contributed by atoms with Crippen LogP contribution in [0.1, 0.15) is 64.6 Å². The molecule has 2 aliphatic rings. The molecule has 1 amide bonds. The molecule has 3 heterocycles. The molecule has 0 aromatic carbocycles. The number of carbonyl (C=O) groups excluding carboxylic acids is 1. The van der Waals surface area contributed by atoms with Gasteiger partial charge in [0.1, 0.15) is 5.82 Å². The Bertz CT molecular complexity index is 743. The summed E-state index contributed by atoms with van der Waals surface area (Å²) in [5.74, 6) is 1.46. The molecule has 0 unspecified atom stereocenters. The van der Waals surface area contributed by atoms with E-state index in [1.807, 2.05) is 11.1 Å². The molecule has 24 heavy (non-hydrogen) atoms. The van der Waals surface area contributed by atoms with Crippen LogP contribution in [0.4, 0.5) is 0 Å². The van der Waals surface area contributed by atoms with Crippen molar-refractivity contribution in [2.24, 2.45) is 0 Å². The summed E-state index contributed by atoms with van der Waals surface area (Å²) in [6.07, 6.45) is 9.59. The summed E-state index contributed by atoms with van der Waals surface area (Å²) in [6, 6.07) is 0. The highest BCUT2D eigenvalue weighted by atomic mass is 32.1. The van der Waals surface area contributed by atoms with Crippen LogP contribution in [0, 0.1) is 6.92 Å². The van der Waals surface area contributed by atoms with E-state index in [9.17, 15) is 4.79 Å². The van der Waals surface area contributed by atoms with E-state index in [1.165, 1.54) is 22.7 Å². The molecule has 126 valence electrons. The highest BCUT2D eigenvalue weighted by molar-refractivity contribution is 7.11. The number of hydrogen-bond donors (Lipinski definition) is 0. The van der Waals surface area contributed by atoms with E-state index in [2.05, 4.69) is 28.8 Å². The number of amides is 1. The van der Waals surface area contributed by atoms with Crippen LogP contribution in [0.2, 0.25) is 0 Å². The average molecular weight is 342 g/mol. The molecule has 0 spiro atoms. The van der Waals surface area contributed by atoms with Crippen LogP contribution in [0.15, 0.2) is 18.6 Å². The summed E-state index contributed by atoms with van der Waals surface area (Å²) in [5.41, 5.74) is 0.690. The highest BCUT2D eigenvalue weighted by Crippen LogP contribution is 2.38. The predicted octanol–water partition coefficient (Wildman–Crippen LogP) is 3.31. The van der Waals surface area contributed by atoms with Crippen LogP contribution in [0.3, 0.4) is 0 Å². The van der Waals surface area contributed by atoms with E-state index in [4.69, 9.17) is 0 Å². The lowest BCUT2D eigenvalue weighted by Crippen LogP contribution is -2.44. The third-order valence-electron chi connectivity index (χ3n) is 5.15. The van der Waals surface area contributed by atoms with Crippen LogP contribution in [0.5, 0.6) is 0 Å². The Morgan fingerprint density at radius 2 is 1.83 bits per heavy atom. The van der Waals surface area contributed by atoms with Crippen molar-refractivity contribution in [3.63, 3.8) is 0 Å². The van der Waals surface area contributed by atoms with Gasteiger partial charge in [-0.3, -0.25) is 4.79 Å². The number of thiazole rings is 1. The second kappa shape index (κ2) is 5.92. The number of aryl methyl sites for hydroxylation is 1. The number of aromatic nitrogens is 3. The number of likely N-dealkylation sites (tertiary alicyclic amines) is 1. The first-order valence-corrected chi connectivity index (χ1v) is 9.41. The summed E-state index contributed by atoms with van der Waals surface area (Å²) in [7, 11) is 0. The molecular weight excluding hydrogens is 320 g/mol. The van der Waals surface area contributed by atoms with Crippen molar-refractivity contribution in [3.8, 4) is 0 Å². The van der Waals surface area contributed by atoms with Crippen LogP contribution >= 0.6 is 11.3 Å². The lowest BCUT2D eigenvalue weighted by atomic mass is 9.81. The van der Waals surface area contributed by atoms with Crippen molar-refractivity contribution in [1.29, 1.82) is 0 Å². The smallest absolute Gasteiger partial charge is 0.256 e. The van der Waals surface area contributed by atoms with E-state index >= 15 is 0 Å². The molecule has 2 aromatic rings. The van der Waals surface area contributed by atoms with Crippen molar-refractivity contribution in [1.82, 2.24) is 19.9 Å². The molecule has 4 rings (SSSR count). The maximum atomic E-state index is 12.7. The van der Waals surface area contributed by atoms with E-state index in [0.717, 1.165) is 31.8 Å². The summed E-state index contributed by atoms with van der Waals surface area (Å²) in [6.45, 7) is 5.88. The van der Waals surface area contributed by atoms with Gasteiger partial charge in [0.15, 0.2) is 0 Å². The van der Waals surface area contributed by atoms with Gasteiger partial charge in [-0.25, -0.2) is 15.0 Å². The molecule has 1 saturated carbocycles. The van der Waals surface area contributed by atoms with Crippen molar-refractivity contribution in [2.75, 3.05) is 13.1 Å². The van der Waals surface area contributed by atoms with Crippen molar-refractivity contribution < 1.29 is 4.79 Å². The number of nitrogens with zero attached hydrogens (tertiary/aromatic N) is 4. The van der Waals surface area contributed by atoms with Crippen molar-refractivity contribution in [2.45, 2.75) is 50.9 Å². The molecule has 2 aromatic heterocycles. The summed E-state index contributed by atoms with van der Waals surface area (Å²) in [5, 5.41) is 1.20. The second-order valence-electron chi connectivity index (χ2n) is 7.23. The Morgan fingerprint density at radius 3 is 2.38 bits per heavy atom. The van der Waals surface area contributed by atoms with Gasteiger partial charge in [-0.2, -0.15) is 0 Å². The monoisotopic (exact) mass is 342 g/mol. The Balaban J connectivity index is 1.42. The van der Waals surface area contributed by atoms with Crippen LogP contribution in [-0.4, -0.2) is 38.8 Å². The molecule has 5 nitrogen and oxygen atoms in total. The third-order valence-corrected chi connectivity index (χ3v) is 6.37. The Labute approximate surface area is 146 Å². The molecule has 0 radical (unpaired) electrons. The Hall–Kier alpha value is -1.82. The van der Waals surface area contributed by atoms with Crippen molar-refractivity contribution in [3.05, 3.63) is 39.9 Å². The minimum absolute atomic E-state index is 0.0507. The first-order valence-electron chi connectivity index (χ1n) is 8.59. The van der Waals surface area contributed by atoms with E-state index in [0.29, 0.717) is 11.5 Å². The van der Waals surface area contributed by atoms with Gasteiger partial charge in [0.2, 0.25) is 0 Å². The van der Waals surface area contributed by atoms with E-state index in [-0.39, 0.29) is 11.3 Å². The standard InChI is InChI=1S/C18H22N4OS/c1-12-9-21-17(24-12)18(2)5-7-22(8-6-18)16(23)14-10-19-15(20-11-14)13-3-4-13/h9-11,13H,3-8H2,1-2H3. The average Bonchev–Trinajstić information content (AvgIpc) is 3.36. The zero-order chi connectivity index (χ0) is 16.7. The normalized spacial score (nSPS) is 20.2.